The first-order valence-electron chi connectivity index (χ1n) is 7.27. The molecule has 2 rings (SSSR count). The van der Waals surface area contributed by atoms with E-state index >= 15 is 0 Å². The summed E-state index contributed by atoms with van der Waals surface area (Å²) in [6.45, 7) is -6.41. The number of nitro benzene ring substituents is 1. The van der Waals surface area contributed by atoms with Crippen molar-refractivity contribution in [3.8, 4) is 11.5 Å². The van der Waals surface area contributed by atoms with Crippen LogP contribution in [0.3, 0.4) is 0 Å². The minimum absolute atomic E-state index is 0.0381. The Labute approximate surface area is 149 Å². The molecule has 0 bridgehead atoms. The molecule has 0 spiro atoms. The third-order valence-corrected chi connectivity index (χ3v) is 3.21. The molecule has 0 aliphatic heterocycles. The molecule has 0 radical (unpaired) electrons. The minimum atomic E-state index is -3.25. The Morgan fingerprint density at radius 3 is 2.33 bits per heavy atom. The molecule has 0 saturated heterocycles. The van der Waals surface area contributed by atoms with Crippen LogP contribution in [0.15, 0.2) is 48.5 Å². The van der Waals surface area contributed by atoms with Crippen LogP contribution < -0.4 is 9.47 Å². The fourth-order valence-electron chi connectivity index (χ4n) is 2.12. The summed E-state index contributed by atoms with van der Waals surface area (Å²) in [5.41, 5.74) is -0.659. The summed E-state index contributed by atoms with van der Waals surface area (Å²) >= 11 is 0. The number of halogens is 4. The second-order valence-corrected chi connectivity index (χ2v) is 4.93. The Hall–Kier alpha value is -3.43. The Kier molecular flexibility index (Phi) is 6.47. The zero-order valence-electron chi connectivity index (χ0n) is 13.4. The first kappa shape index (κ1) is 19.9. The van der Waals surface area contributed by atoms with Crippen molar-refractivity contribution in [3.05, 3.63) is 69.8 Å². The average Bonchev–Trinajstić information content (AvgIpc) is 2.59. The number of para-hydroxylation sites is 1. The van der Waals surface area contributed by atoms with Crippen molar-refractivity contribution in [2.75, 3.05) is 0 Å². The molecule has 0 saturated carbocycles. The highest BCUT2D eigenvalue weighted by atomic mass is 19.3. The van der Waals surface area contributed by atoms with Gasteiger partial charge >= 0.3 is 13.2 Å². The van der Waals surface area contributed by atoms with E-state index in [0.29, 0.717) is 0 Å². The Balaban J connectivity index is 2.32. The maximum absolute atomic E-state index is 12.5. The standard InChI is InChI=1S/C17H11F4NO5/c18-16(19)26-11-7-5-10(15(9-11)27-17(20)21)6-8-14(23)12-3-1-2-4-13(12)22(24)25/h1-9,16-17H/b8-6+. The van der Waals surface area contributed by atoms with Crippen LogP contribution in [0, 0.1) is 10.1 Å². The lowest BCUT2D eigenvalue weighted by atomic mass is 10.1. The normalized spacial score (nSPS) is 11.2. The summed E-state index contributed by atoms with van der Waals surface area (Å²) in [6.07, 6.45) is 1.99. The summed E-state index contributed by atoms with van der Waals surface area (Å²) in [4.78, 5) is 22.4. The highest BCUT2D eigenvalue weighted by Gasteiger charge is 2.17. The lowest BCUT2D eigenvalue weighted by Crippen LogP contribution is -2.06. The number of hydrogen-bond acceptors (Lipinski definition) is 5. The number of carbonyl (C=O) groups excluding carboxylic acids is 1. The van der Waals surface area contributed by atoms with Crippen LogP contribution in [-0.2, 0) is 0 Å². The van der Waals surface area contributed by atoms with Crippen molar-refractivity contribution >= 4 is 17.5 Å². The maximum Gasteiger partial charge on any atom is 0.387 e. The van der Waals surface area contributed by atoms with E-state index in [9.17, 15) is 32.5 Å². The van der Waals surface area contributed by atoms with Crippen LogP contribution in [0.4, 0.5) is 23.2 Å². The molecule has 10 heteroatoms. The molecule has 27 heavy (non-hydrogen) atoms. The molecule has 0 unspecified atom stereocenters. The van der Waals surface area contributed by atoms with Crippen LogP contribution in [0.2, 0.25) is 0 Å². The third kappa shape index (κ3) is 5.53. The molecule has 0 N–H and O–H groups in total. The van der Waals surface area contributed by atoms with Crippen LogP contribution in [0.25, 0.3) is 6.08 Å². The Morgan fingerprint density at radius 1 is 1.04 bits per heavy atom. The van der Waals surface area contributed by atoms with Gasteiger partial charge in [0.05, 0.1) is 10.5 Å². The van der Waals surface area contributed by atoms with Gasteiger partial charge in [-0.05, 0) is 30.4 Å². The van der Waals surface area contributed by atoms with Gasteiger partial charge in [-0.15, -0.1) is 0 Å². The number of alkyl halides is 4. The van der Waals surface area contributed by atoms with Crippen LogP contribution in [0.1, 0.15) is 15.9 Å². The van der Waals surface area contributed by atoms with E-state index in [0.717, 1.165) is 36.4 Å². The van der Waals surface area contributed by atoms with Gasteiger partial charge in [0.25, 0.3) is 5.69 Å². The fraction of sp³-hybridized carbons (Fsp3) is 0.118. The first-order valence-corrected chi connectivity index (χ1v) is 7.27. The molecule has 0 aliphatic rings. The lowest BCUT2D eigenvalue weighted by Gasteiger charge is -2.11. The average molecular weight is 385 g/mol. The number of ketones is 1. The summed E-state index contributed by atoms with van der Waals surface area (Å²) in [6, 6.07) is 8.19. The van der Waals surface area contributed by atoms with Crippen molar-refractivity contribution in [1.82, 2.24) is 0 Å². The number of allylic oxidation sites excluding steroid dienone is 1. The van der Waals surface area contributed by atoms with Gasteiger partial charge in [-0.1, -0.05) is 12.1 Å². The van der Waals surface area contributed by atoms with Crippen molar-refractivity contribution in [2.45, 2.75) is 13.2 Å². The number of nitrogens with zero attached hydrogens (tertiary/aromatic N) is 1. The van der Waals surface area contributed by atoms with E-state index in [1.807, 2.05) is 0 Å². The molecule has 6 nitrogen and oxygen atoms in total. The first-order chi connectivity index (χ1) is 12.8. The number of benzene rings is 2. The van der Waals surface area contributed by atoms with Crippen molar-refractivity contribution in [3.63, 3.8) is 0 Å². The number of rotatable bonds is 8. The van der Waals surface area contributed by atoms with E-state index in [4.69, 9.17) is 0 Å². The lowest BCUT2D eigenvalue weighted by molar-refractivity contribution is -0.385. The van der Waals surface area contributed by atoms with E-state index in [1.54, 1.807) is 0 Å². The largest absolute Gasteiger partial charge is 0.435 e. The smallest absolute Gasteiger partial charge is 0.387 e. The number of ether oxygens (including phenoxy) is 2. The predicted molar refractivity (Wildman–Crippen MR) is 86.2 cm³/mol. The maximum atomic E-state index is 12.5. The van der Waals surface area contributed by atoms with Gasteiger partial charge in [0.1, 0.15) is 11.5 Å². The van der Waals surface area contributed by atoms with Gasteiger partial charge in [0.15, 0.2) is 5.78 Å². The third-order valence-electron chi connectivity index (χ3n) is 3.21. The fourth-order valence-corrected chi connectivity index (χ4v) is 2.12. The van der Waals surface area contributed by atoms with E-state index in [2.05, 4.69) is 9.47 Å². The second kappa shape index (κ2) is 8.79. The van der Waals surface area contributed by atoms with Gasteiger partial charge in [0.2, 0.25) is 0 Å². The molecular weight excluding hydrogens is 374 g/mol. The molecule has 142 valence electrons. The van der Waals surface area contributed by atoms with Gasteiger partial charge in [0, 0.05) is 17.7 Å². The Bertz CT molecular complexity index is 870. The molecule has 0 heterocycles. The molecule has 0 atom stereocenters. The van der Waals surface area contributed by atoms with Gasteiger partial charge in [-0.2, -0.15) is 17.6 Å². The summed E-state index contributed by atoms with van der Waals surface area (Å²) < 4.78 is 57.9. The predicted octanol–water partition coefficient (Wildman–Crippen LogP) is 4.69. The summed E-state index contributed by atoms with van der Waals surface area (Å²) in [7, 11) is 0. The quantitative estimate of drug-likeness (QED) is 0.217. The highest BCUT2D eigenvalue weighted by Crippen LogP contribution is 2.29. The SMILES string of the molecule is O=C(/C=C/c1ccc(OC(F)F)cc1OC(F)F)c1ccccc1[N+](=O)[O-]. The van der Waals surface area contributed by atoms with Crippen LogP contribution in [0.5, 0.6) is 11.5 Å². The van der Waals surface area contributed by atoms with Gasteiger partial charge in [-0.25, -0.2) is 0 Å². The molecule has 0 aromatic heterocycles. The summed E-state index contributed by atoms with van der Waals surface area (Å²) in [5, 5.41) is 11.0. The topological polar surface area (TPSA) is 78.7 Å². The van der Waals surface area contributed by atoms with Crippen LogP contribution in [-0.4, -0.2) is 23.9 Å². The van der Waals surface area contributed by atoms with Gasteiger partial charge in [-0.3, -0.25) is 14.9 Å². The number of carbonyl (C=O) groups is 1. The minimum Gasteiger partial charge on any atom is -0.435 e. The molecule has 2 aromatic rings. The molecule has 0 amide bonds. The zero-order chi connectivity index (χ0) is 20.0. The van der Waals surface area contributed by atoms with Crippen molar-refractivity contribution in [1.29, 1.82) is 0 Å². The Morgan fingerprint density at radius 2 is 1.70 bits per heavy atom. The van der Waals surface area contributed by atoms with Gasteiger partial charge < -0.3 is 9.47 Å². The van der Waals surface area contributed by atoms with E-state index in [1.165, 1.54) is 18.2 Å². The van der Waals surface area contributed by atoms with E-state index < -0.39 is 41.1 Å². The molecule has 0 aliphatic carbocycles. The van der Waals surface area contributed by atoms with Crippen molar-refractivity contribution < 1.29 is 36.8 Å². The van der Waals surface area contributed by atoms with Crippen molar-refractivity contribution in [2.24, 2.45) is 0 Å². The molecule has 0 fully saturated rings. The second-order valence-electron chi connectivity index (χ2n) is 4.93. The highest BCUT2D eigenvalue weighted by molar-refractivity contribution is 6.09. The number of nitro groups is 1. The molecule has 2 aromatic carbocycles. The molecular formula is C17H11F4NO5. The van der Waals surface area contributed by atoms with Crippen LogP contribution >= 0.6 is 0 Å². The monoisotopic (exact) mass is 385 g/mol. The summed E-state index contributed by atoms with van der Waals surface area (Å²) in [5.74, 6) is -1.67. The van der Waals surface area contributed by atoms with E-state index in [-0.39, 0.29) is 11.1 Å². The number of hydrogen-bond donors (Lipinski definition) is 0. The zero-order valence-corrected chi connectivity index (χ0v) is 13.4.